The van der Waals surface area contributed by atoms with Crippen LogP contribution in [0, 0.1) is 13.8 Å². The molecule has 0 saturated carbocycles. The largest absolute Gasteiger partial charge is 0.488 e. The highest BCUT2D eigenvalue weighted by Crippen LogP contribution is 2.24. The third kappa shape index (κ3) is 8.11. The molecule has 2 aromatic rings. The summed E-state index contributed by atoms with van der Waals surface area (Å²) in [6.07, 6.45) is 4.24. The summed E-state index contributed by atoms with van der Waals surface area (Å²) >= 11 is 1.85. The molecule has 0 radical (unpaired) electrons. The van der Waals surface area contributed by atoms with E-state index in [2.05, 4.69) is 52.2 Å². The average molecular weight is 575 g/mol. The lowest BCUT2D eigenvalue weighted by molar-refractivity contribution is 0.140. The Hall–Kier alpha value is -1.53. The van der Waals surface area contributed by atoms with E-state index in [-0.39, 0.29) is 30.1 Å². The van der Waals surface area contributed by atoms with Crippen LogP contribution in [0.4, 0.5) is 0 Å². The van der Waals surface area contributed by atoms with Gasteiger partial charge in [0.05, 0.1) is 26.3 Å². The molecular weight excluding hydrogens is 539 g/mol. The first kappa shape index (κ1) is 26.7. The first-order valence-electron chi connectivity index (χ1n) is 10.8. The fraction of sp³-hybridized carbons (Fsp3) is 0.591. The summed E-state index contributed by atoms with van der Waals surface area (Å²) in [6.45, 7) is 7.38. The van der Waals surface area contributed by atoms with Crippen LogP contribution in [0.15, 0.2) is 23.2 Å². The molecule has 3 rings (SSSR count). The van der Waals surface area contributed by atoms with Crippen molar-refractivity contribution >= 4 is 41.7 Å². The molecule has 1 aliphatic heterocycles. The smallest absolute Gasteiger partial charge is 0.191 e. The van der Waals surface area contributed by atoms with E-state index < -0.39 is 0 Å². The van der Waals surface area contributed by atoms with Crippen LogP contribution in [0.25, 0.3) is 0 Å². The summed E-state index contributed by atoms with van der Waals surface area (Å²) in [5.74, 6) is 4.53. The van der Waals surface area contributed by atoms with E-state index in [0.717, 1.165) is 60.7 Å². The zero-order valence-electron chi connectivity index (χ0n) is 19.4. The molecule has 0 spiro atoms. The molecule has 1 aromatic carbocycles. The maximum absolute atomic E-state index is 6.22. The number of halogens is 1. The Bertz CT molecular complexity index is 870. The molecule has 1 saturated heterocycles. The Balaban J connectivity index is 0.00000363. The van der Waals surface area contributed by atoms with E-state index >= 15 is 0 Å². The SMILES string of the molecule is CSCCCNC(=NCc1ccc(C)cc1OC1CCOC1)NCc1nnc(C)n1C.I. The van der Waals surface area contributed by atoms with Crippen molar-refractivity contribution in [3.8, 4) is 5.75 Å². The number of guanidine groups is 1. The van der Waals surface area contributed by atoms with Crippen LogP contribution in [-0.4, -0.2) is 58.6 Å². The molecule has 32 heavy (non-hydrogen) atoms. The van der Waals surface area contributed by atoms with Crippen molar-refractivity contribution in [3.63, 3.8) is 0 Å². The number of aryl methyl sites for hydroxylation is 2. The summed E-state index contributed by atoms with van der Waals surface area (Å²) in [5, 5.41) is 15.2. The number of aliphatic imine (C=N–C) groups is 1. The fourth-order valence-corrected chi connectivity index (χ4v) is 3.65. The number of aromatic nitrogens is 3. The second-order valence-corrected chi connectivity index (χ2v) is 8.71. The lowest BCUT2D eigenvalue weighted by atomic mass is 10.1. The molecule has 1 aliphatic rings. The van der Waals surface area contributed by atoms with E-state index in [1.807, 2.05) is 30.3 Å². The van der Waals surface area contributed by atoms with Crippen molar-refractivity contribution < 1.29 is 9.47 Å². The third-order valence-electron chi connectivity index (χ3n) is 5.23. The van der Waals surface area contributed by atoms with Gasteiger partial charge in [0, 0.05) is 25.6 Å². The quantitative estimate of drug-likeness (QED) is 0.195. The van der Waals surface area contributed by atoms with Crippen LogP contribution in [0.3, 0.4) is 0 Å². The number of hydrogen-bond donors (Lipinski definition) is 2. The second kappa shape index (κ2) is 13.9. The molecule has 0 bridgehead atoms. The maximum atomic E-state index is 6.22. The predicted molar refractivity (Wildman–Crippen MR) is 141 cm³/mol. The Morgan fingerprint density at radius 1 is 1.31 bits per heavy atom. The number of hydrogen-bond acceptors (Lipinski definition) is 6. The van der Waals surface area contributed by atoms with Crippen LogP contribution in [0.2, 0.25) is 0 Å². The van der Waals surface area contributed by atoms with Gasteiger partial charge in [-0.25, -0.2) is 4.99 Å². The van der Waals surface area contributed by atoms with Crippen molar-refractivity contribution in [2.24, 2.45) is 12.0 Å². The van der Waals surface area contributed by atoms with Crippen LogP contribution < -0.4 is 15.4 Å². The lowest BCUT2D eigenvalue weighted by Gasteiger charge is -2.16. The summed E-state index contributed by atoms with van der Waals surface area (Å²) in [6, 6.07) is 6.29. The molecule has 0 aliphatic carbocycles. The van der Waals surface area contributed by atoms with Crippen molar-refractivity contribution in [3.05, 3.63) is 41.0 Å². The highest BCUT2D eigenvalue weighted by Gasteiger charge is 2.18. The van der Waals surface area contributed by atoms with Crippen LogP contribution >= 0.6 is 35.7 Å². The minimum atomic E-state index is 0. The van der Waals surface area contributed by atoms with Crippen molar-refractivity contribution in [1.29, 1.82) is 0 Å². The summed E-state index contributed by atoms with van der Waals surface area (Å²) in [7, 11) is 1.97. The van der Waals surface area contributed by atoms with E-state index in [4.69, 9.17) is 14.5 Å². The standard InChI is InChI=1S/C22H34N6O2S.HI/c1-16-6-7-18(20(12-16)30-19-8-10-29-15-19)13-24-22(23-9-5-11-31-4)25-14-21-27-26-17(2)28(21)3;/h6-7,12,19H,5,8-11,13-15H2,1-4H3,(H2,23,24,25);1H. The van der Waals surface area contributed by atoms with E-state index in [0.29, 0.717) is 19.7 Å². The molecule has 2 N–H and O–H groups in total. The monoisotopic (exact) mass is 574 g/mol. The number of benzene rings is 1. The predicted octanol–water partition coefficient (Wildman–Crippen LogP) is 3.21. The van der Waals surface area contributed by atoms with Crippen molar-refractivity contribution in [1.82, 2.24) is 25.4 Å². The third-order valence-corrected chi connectivity index (χ3v) is 5.92. The molecule has 1 aromatic heterocycles. The second-order valence-electron chi connectivity index (χ2n) is 7.73. The summed E-state index contributed by atoms with van der Waals surface area (Å²) < 4.78 is 13.7. The molecule has 1 atom stereocenters. The van der Waals surface area contributed by atoms with Crippen molar-refractivity contribution in [2.75, 3.05) is 31.8 Å². The number of rotatable bonds is 10. The van der Waals surface area contributed by atoms with Gasteiger partial charge in [-0.3, -0.25) is 0 Å². The minimum absolute atomic E-state index is 0. The molecule has 178 valence electrons. The molecule has 8 nitrogen and oxygen atoms in total. The van der Waals surface area contributed by atoms with Gasteiger partial charge in [0.15, 0.2) is 11.8 Å². The average Bonchev–Trinajstić information content (AvgIpc) is 3.38. The zero-order chi connectivity index (χ0) is 22.1. The normalized spacial score (nSPS) is 16.0. The molecule has 1 unspecified atom stereocenters. The van der Waals surface area contributed by atoms with Crippen LogP contribution in [-0.2, 0) is 24.9 Å². The number of thioether (sulfide) groups is 1. The number of nitrogens with one attached hydrogen (secondary N) is 2. The van der Waals surface area contributed by atoms with E-state index in [1.54, 1.807) is 0 Å². The van der Waals surface area contributed by atoms with Gasteiger partial charge in [-0.05, 0) is 43.9 Å². The topological polar surface area (TPSA) is 85.6 Å². The Morgan fingerprint density at radius 3 is 2.84 bits per heavy atom. The highest BCUT2D eigenvalue weighted by atomic mass is 127. The zero-order valence-corrected chi connectivity index (χ0v) is 22.5. The van der Waals surface area contributed by atoms with Gasteiger partial charge in [0.25, 0.3) is 0 Å². The van der Waals surface area contributed by atoms with E-state index in [9.17, 15) is 0 Å². The summed E-state index contributed by atoms with van der Waals surface area (Å²) in [5.41, 5.74) is 2.24. The van der Waals surface area contributed by atoms with Crippen LogP contribution in [0.1, 0.15) is 35.6 Å². The lowest BCUT2D eigenvalue weighted by Crippen LogP contribution is -2.38. The Morgan fingerprint density at radius 2 is 2.16 bits per heavy atom. The van der Waals surface area contributed by atoms with Gasteiger partial charge < -0.3 is 24.7 Å². The van der Waals surface area contributed by atoms with Gasteiger partial charge in [-0.15, -0.1) is 34.2 Å². The van der Waals surface area contributed by atoms with Gasteiger partial charge in [-0.2, -0.15) is 11.8 Å². The first-order chi connectivity index (χ1) is 15.1. The molecule has 10 heteroatoms. The highest BCUT2D eigenvalue weighted by molar-refractivity contribution is 14.0. The maximum Gasteiger partial charge on any atom is 0.191 e. The molecular formula is C22H35IN6O2S. The van der Waals surface area contributed by atoms with Gasteiger partial charge in [-0.1, -0.05) is 12.1 Å². The Labute approximate surface area is 212 Å². The number of ether oxygens (including phenoxy) is 2. The van der Waals surface area contributed by atoms with Gasteiger partial charge >= 0.3 is 0 Å². The summed E-state index contributed by atoms with van der Waals surface area (Å²) in [4.78, 5) is 4.83. The fourth-order valence-electron chi connectivity index (χ4n) is 3.22. The molecule has 1 fully saturated rings. The van der Waals surface area contributed by atoms with Crippen molar-refractivity contribution in [2.45, 2.75) is 45.9 Å². The Kier molecular flexibility index (Phi) is 11.6. The molecule has 2 heterocycles. The first-order valence-corrected chi connectivity index (χ1v) is 12.2. The van der Waals surface area contributed by atoms with Gasteiger partial charge in [0.2, 0.25) is 0 Å². The molecule has 0 amide bonds. The van der Waals surface area contributed by atoms with Gasteiger partial charge in [0.1, 0.15) is 17.7 Å². The van der Waals surface area contributed by atoms with E-state index in [1.165, 1.54) is 5.56 Å². The van der Waals surface area contributed by atoms with Crippen LogP contribution in [0.5, 0.6) is 5.75 Å². The minimum Gasteiger partial charge on any atom is -0.488 e. The number of nitrogens with zero attached hydrogens (tertiary/aromatic N) is 4.